The Labute approximate surface area is 147 Å². The summed E-state index contributed by atoms with van der Waals surface area (Å²) in [6.45, 7) is 1.52. The van der Waals surface area contributed by atoms with E-state index in [1.807, 2.05) is 42.6 Å². The molecular weight excluding hydrogens is 316 g/mol. The van der Waals surface area contributed by atoms with Crippen molar-refractivity contribution in [2.24, 2.45) is 0 Å². The molecule has 1 aromatic heterocycles. The molecule has 0 radical (unpaired) electrons. The molecule has 2 aromatic carbocycles. The number of amides is 1. The normalized spacial score (nSPS) is 10.6. The second-order valence-corrected chi connectivity index (χ2v) is 5.67. The summed E-state index contributed by atoms with van der Waals surface area (Å²) in [6.07, 6.45) is 2.45. The maximum Gasteiger partial charge on any atom is 0.221 e. The summed E-state index contributed by atoms with van der Waals surface area (Å²) in [7, 11) is 1.61. The Morgan fingerprint density at radius 3 is 2.64 bits per heavy atom. The van der Waals surface area contributed by atoms with E-state index >= 15 is 0 Å². The fraction of sp³-hybridized carbons (Fsp3) is 0.250. The molecule has 1 heterocycles. The van der Waals surface area contributed by atoms with Crippen LogP contribution in [0.5, 0.6) is 11.5 Å². The van der Waals surface area contributed by atoms with E-state index in [2.05, 4.69) is 28.1 Å². The SMILES string of the molecule is COc1ccccc1OCCNC(=O)CCn1ccc2ccccc21. The van der Waals surface area contributed by atoms with E-state index in [-0.39, 0.29) is 5.91 Å². The van der Waals surface area contributed by atoms with Crippen LogP contribution in [0.2, 0.25) is 0 Å². The second kappa shape index (κ2) is 8.24. The first kappa shape index (κ1) is 16.9. The summed E-state index contributed by atoms with van der Waals surface area (Å²) < 4.78 is 13.0. The molecule has 0 saturated carbocycles. The second-order valence-electron chi connectivity index (χ2n) is 5.67. The number of methoxy groups -OCH3 is 1. The third-order valence-electron chi connectivity index (χ3n) is 4.01. The lowest BCUT2D eigenvalue weighted by atomic mass is 10.2. The molecule has 0 aliphatic heterocycles. The fourth-order valence-corrected chi connectivity index (χ4v) is 2.74. The molecule has 3 rings (SSSR count). The van der Waals surface area contributed by atoms with Gasteiger partial charge in [-0.15, -0.1) is 0 Å². The number of hydrogen-bond acceptors (Lipinski definition) is 3. The first-order valence-corrected chi connectivity index (χ1v) is 8.34. The quantitative estimate of drug-likeness (QED) is 0.642. The maximum absolute atomic E-state index is 12.0. The Morgan fingerprint density at radius 1 is 1.04 bits per heavy atom. The minimum absolute atomic E-state index is 0.0152. The summed E-state index contributed by atoms with van der Waals surface area (Å²) in [6, 6.07) is 17.7. The number of nitrogens with zero attached hydrogens (tertiary/aromatic N) is 1. The van der Waals surface area contributed by atoms with Crippen LogP contribution in [0, 0.1) is 0 Å². The van der Waals surface area contributed by atoms with Crippen molar-refractivity contribution in [1.29, 1.82) is 0 Å². The number of carbonyl (C=O) groups is 1. The molecule has 130 valence electrons. The molecule has 0 spiro atoms. The van der Waals surface area contributed by atoms with E-state index in [1.54, 1.807) is 7.11 Å². The Kier molecular flexibility index (Phi) is 5.57. The van der Waals surface area contributed by atoms with Crippen LogP contribution in [0.4, 0.5) is 0 Å². The zero-order valence-corrected chi connectivity index (χ0v) is 14.3. The van der Waals surface area contributed by atoms with Gasteiger partial charge in [-0.1, -0.05) is 30.3 Å². The molecule has 0 fully saturated rings. The molecule has 0 atom stereocenters. The van der Waals surface area contributed by atoms with Crippen molar-refractivity contribution < 1.29 is 14.3 Å². The van der Waals surface area contributed by atoms with Crippen LogP contribution >= 0.6 is 0 Å². The van der Waals surface area contributed by atoms with Gasteiger partial charge in [0.05, 0.1) is 13.7 Å². The highest BCUT2D eigenvalue weighted by Crippen LogP contribution is 2.25. The lowest BCUT2D eigenvalue weighted by Gasteiger charge is -2.11. The predicted molar refractivity (Wildman–Crippen MR) is 98.1 cm³/mol. The molecule has 1 N–H and O–H groups in total. The number of ether oxygens (including phenoxy) is 2. The van der Waals surface area contributed by atoms with Gasteiger partial charge < -0.3 is 19.4 Å². The van der Waals surface area contributed by atoms with Gasteiger partial charge in [0.2, 0.25) is 5.91 Å². The van der Waals surface area contributed by atoms with Crippen molar-refractivity contribution in [2.45, 2.75) is 13.0 Å². The molecule has 25 heavy (non-hydrogen) atoms. The Bertz CT molecular complexity index is 842. The van der Waals surface area contributed by atoms with Gasteiger partial charge in [0.25, 0.3) is 0 Å². The minimum Gasteiger partial charge on any atom is -0.493 e. The largest absolute Gasteiger partial charge is 0.493 e. The molecule has 0 saturated heterocycles. The molecular formula is C20H22N2O3. The highest BCUT2D eigenvalue weighted by Gasteiger charge is 2.05. The van der Waals surface area contributed by atoms with Crippen LogP contribution in [0.25, 0.3) is 10.9 Å². The van der Waals surface area contributed by atoms with Crippen molar-refractivity contribution >= 4 is 16.8 Å². The highest BCUT2D eigenvalue weighted by molar-refractivity contribution is 5.80. The summed E-state index contributed by atoms with van der Waals surface area (Å²) >= 11 is 0. The van der Waals surface area contributed by atoms with Crippen LogP contribution < -0.4 is 14.8 Å². The third kappa shape index (κ3) is 4.32. The van der Waals surface area contributed by atoms with Crippen LogP contribution in [-0.2, 0) is 11.3 Å². The lowest BCUT2D eigenvalue weighted by Crippen LogP contribution is -2.28. The summed E-state index contributed by atoms with van der Waals surface area (Å²) in [5.41, 5.74) is 1.15. The molecule has 0 unspecified atom stereocenters. The van der Waals surface area contributed by atoms with Gasteiger partial charge in [-0.3, -0.25) is 4.79 Å². The molecule has 1 amide bonds. The summed E-state index contributed by atoms with van der Waals surface area (Å²) in [4.78, 5) is 12.0. The lowest BCUT2D eigenvalue weighted by molar-refractivity contribution is -0.121. The van der Waals surface area contributed by atoms with E-state index in [1.165, 1.54) is 5.39 Å². The standard InChI is InChI=1S/C20H22N2O3/c1-24-18-8-4-5-9-19(18)25-15-12-21-20(23)11-14-22-13-10-16-6-2-3-7-17(16)22/h2-10,13H,11-12,14-15H2,1H3,(H,21,23). The Hall–Kier alpha value is -2.95. The van der Waals surface area contributed by atoms with E-state index in [0.717, 1.165) is 5.52 Å². The topological polar surface area (TPSA) is 52.5 Å². The maximum atomic E-state index is 12.0. The van der Waals surface area contributed by atoms with Crippen molar-refractivity contribution in [2.75, 3.05) is 20.3 Å². The van der Waals surface area contributed by atoms with Crippen LogP contribution in [-0.4, -0.2) is 30.7 Å². The van der Waals surface area contributed by atoms with Crippen LogP contribution in [0.1, 0.15) is 6.42 Å². The smallest absolute Gasteiger partial charge is 0.221 e. The number of carbonyl (C=O) groups excluding carboxylic acids is 1. The number of aromatic nitrogens is 1. The summed E-state index contributed by atoms with van der Waals surface area (Å²) in [5, 5.41) is 4.07. The van der Waals surface area contributed by atoms with Gasteiger partial charge in [0.1, 0.15) is 6.61 Å². The molecule has 0 aliphatic carbocycles. The molecule has 0 bridgehead atoms. The molecule has 0 aliphatic rings. The Morgan fingerprint density at radius 2 is 1.80 bits per heavy atom. The number of hydrogen-bond donors (Lipinski definition) is 1. The number of benzene rings is 2. The Balaban J connectivity index is 1.41. The zero-order valence-electron chi connectivity index (χ0n) is 14.3. The predicted octanol–water partition coefficient (Wildman–Crippen LogP) is 3.24. The first-order chi connectivity index (χ1) is 12.3. The fourth-order valence-electron chi connectivity index (χ4n) is 2.74. The number of aryl methyl sites for hydroxylation is 1. The van der Waals surface area contributed by atoms with Gasteiger partial charge in [0.15, 0.2) is 11.5 Å². The van der Waals surface area contributed by atoms with E-state index < -0.39 is 0 Å². The van der Waals surface area contributed by atoms with Gasteiger partial charge in [-0.2, -0.15) is 0 Å². The van der Waals surface area contributed by atoms with E-state index in [0.29, 0.717) is 37.6 Å². The minimum atomic E-state index is 0.0152. The molecule has 3 aromatic rings. The average molecular weight is 338 g/mol. The van der Waals surface area contributed by atoms with Crippen molar-refractivity contribution in [1.82, 2.24) is 9.88 Å². The number of para-hydroxylation sites is 3. The average Bonchev–Trinajstić information content (AvgIpc) is 3.07. The van der Waals surface area contributed by atoms with E-state index in [9.17, 15) is 4.79 Å². The van der Waals surface area contributed by atoms with Gasteiger partial charge in [0, 0.05) is 24.7 Å². The van der Waals surface area contributed by atoms with Gasteiger partial charge >= 0.3 is 0 Å². The summed E-state index contributed by atoms with van der Waals surface area (Å²) in [5.74, 6) is 1.38. The molecule has 5 nitrogen and oxygen atoms in total. The van der Waals surface area contributed by atoms with Crippen molar-refractivity contribution in [3.63, 3.8) is 0 Å². The number of nitrogens with one attached hydrogen (secondary N) is 1. The van der Waals surface area contributed by atoms with Gasteiger partial charge in [-0.05, 0) is 29.7 Å². The highest BCUT2D eigenvalue weighted by atomic mass is 16.5. The van der Waals surface area contributed by atoms with Crippen molar-refractivity contribution in [3.05, 3.63) is 60.8 Å². The first-order valence-electron chi connectivity index (χ1n) is 8.34. The third-order valence-corrected chi connectivity index (χ3v) is 4.01. The zero-order chi connectivity index (χ0) is 17.5. The molecule has 5 heteroatoms. The van der Waals surface area contributed by atoms with Crippen molar-refractivity contribution in [3.8, 4) is 11.5 Å². The number of rotatable bonds is 8. The monoisotopic (exact) mass is 338 g/mol. The van der Waals surface area contributed by atoms with Crippen LogP contribution in [0.15, 0.2) is 60.8 Å². The van der Waals surface area contributed by atoms with E-state index in [4.69, 9.17) is 9.47 Å². The number of fused-ring (bicyclic) bond motifs is 1. The van der Waals surface area contributed by atoms with Gasteiger partial charge in [-0.25, -0.2) is 0 Å². The van der Waals surface area contributed by atoms with Crippen LogP contribution in [0.3, 0.4) is 0 Å².